The molecule has 0 radical (unpaired) electrons. The average Bonchev–Trinajstić information content (AvgIpc) is 3.03. The molecule has 0 aliphatic carbocycles. The molecule has 28 heavy (non-hydrogen) atoms. The van der Waals surface area contributed by atoms with Crippen molar-refractivity contribution in [1.29, 1.82) is 0 Å². The lowest BCUT2D eigenvalue weighted by Crippen LogP contribution is -2.14. The minimum Gasteiger partial charge on any atom is -0.462 e. The first-order chi connectivity index (χ1) is 13.4. The molecule has 1 aromatic carbocycles. The van der Waals surface area contributed by atoms with E-state index in [1.165, 1.54) is 12.1 Å². The van der Waals surface area contributed by atoms with Crippen LogP contribution in [0.1, 0.15) is 55.4 Å². The van der Waals surface area contributed by atoms with Crippen LogP contribution in [0.3, 0.4) is 0 Å². The standard InChI is InChI=1S/C19H21NO7S/c1-3-25-18(23)14-13(15(28-16(14)20)19(24)26-4-2)10-27-17(22)12-7-5-11(9-21)6-8-12/h5-8,21H,3-4,9-10,20H2,1-2H3. The number of carbonyl (C=O) groups excluding carboxylic acids is 3. The summed E-state index contributed by atoms with van der Waals surface area (Å²) in [4.78, 5) is 36.8. The second-order valence-corrected chi connectivity index (χ2v) is 6.57. The van der Waals surface area contributed by atoms with Crippen molar-refractivity contribution < 1.29 is 33.7 Å². The van der Waals surface area contributed by atoms with Gasteiger partial charge in [-0.25, -0.2) is 14.4 Å². The maximum atomic E-state index is 12.3. The van der Waals surface area contributed by atoms with Crippen molar-refractivity contribution in [3.63, 3.8) is 0 Å². The van der Waals surface area contributed by atoms with Crippen molar-refractivity contribution in [2.45, 2.75) is 27.1 Å². The van der Waals surface area contributed by atoms with Crippen molar-refractivity contribution in [3.8, 4) is 0 Å². The van der Waals surface area contributed by atoms with Gasteiger partial charge in [-0.1, -0.05) is 12.1 Å². The third kappa shape index (κ3) is 4.87. The monoisotopic (exact) mass is 407 g/mol. The summed E-state index contributed by atoms with van der Waals surface area (Å²) in [7, 11) is 0. The highest BCUT2D eigenvalue weighted by atomic mass is 32.1. The van der Waals surface area contributed by atoms with Gasteiger partial charge in [-0.3, -0.25) is 0 Å². The molecule has 0 bridgehead atoms. The number of aliphatic hydroxyl groups is 1. The highest BCUT2D eigenvalue weighted by Crippen LogP contribution is 2.33. The summed E-state index contributed by atoms with van der Waals surface area (Å²) in [5.41, 5.74) is 6.96. The zero-order valence-electron chi connectivity index (χ0n) is 15.5. The summed E-state index contributed by atoms with van der Waals surface area (Å²) in [6.45, 7) is 3.06. The van der Waals surface area contributed by atoms with E-state index in [0.717, 1.165) is 11.3 Å². The smallest absolute Gasteiger partial charge is 0.348 e. The summed E-state index contributed by atoms with van der Waals surface area (Å²) in [6, 6.07) is 6.20. The number of hydrogen-bond acceptors (Lipinski definition) is 9. The zero-order valence-corrected chi connectivity index (χ0v) is 16.3. The molecule has 0 spiro atoms. The minimum absolute atomic E-state index is 0.00154. The molecule has 3 N–H and O–H groups in total. The Morgan fingerprint density at radius 1 is 0.964 bits per heavy atom. The third-order valence-corrected chi connectivity index (χ3v) is 4.74. The molecule has 2 rings (SSSR count). The van der Waals surface area contributed by atoms with E-state index in [-0.39, 0.29) is 53.0 Å². The lowest BCUT2D eigenvalue weighted by molar-refractivity contribution is 0.0437. The molecule has 8 nitrogen and oxygen atoms in total. The quantitative estimate of drug-likeness (QED) is 0.505. The summed E-state index contributed by atoms with van der Waals surface area (Å²) in [5, 5.41) is 9.14. The number of benzene rings is 1. The fraction of sp³-hybridized carbons (Fsp3) is 0.316. The molecule has 0 atom stereocenters. The SMILES string of the molecule is CCOC(=O)c1sc(N)c(C(=O)OCC)c1COC(=O)c1ccc(CO)cc1. The molecular formula is C19H21NO7S. The summed E-state index contributed by atoms with van der Waals surface area (Å²) in [6.07, 6.45) is 0. The Morgan fingerprint density at radius 2 is 1.57 bits per heavy atom. The Balaban J connectivity index is 2.29. The molecule has 0 amide bonds. The number of nitrogen functional groups attached to an aromatic ring is 1. The number of thiophene rings is 1. The molecule has 2 aromatic rings. The van der Waals surface area contributed by atoms with Crippen LogP contribution < -0.4 is 5.73 Å². The molecule has 1 heterocycles. The Hall–Kier alpha value is -2.91. The van der Waals surface area contributed by atoms with E-state index in [4.69, 9.17) is 25.1 Å². The van der Waals surface area contributed by atoms with E-state index < -0.39 is 17.9 Å². The number of ether oxygens (including phenoxy) is 3. The number of hydrogen-bond donors (Lipinski definition) is 2. The number of aliphatic hydroxyl groups excluding tert-OH is 1. The maximum Gasteiger partial charge on any atom is 0.348 e. The predicted molar refractivity (Wildman–Crippen MR) is 102 cm³/mol. The molecular weight excluding hydrogens is 386 g/mol. The normalized spacial score (nSPS) is 10.4. The maximum absolute atomic E-state index is 12.3. The minimum atomic E-state index is -0.704. The second kappa shape index (κ2) is 9.86. The summed E-state index contributed by atoms with van der Waals surface area (Å²) >= 11 is 0.879. The van der Waals surface area contributed by atoms with Crippen molar-refractivity contribution in [3.05, 3.63) is 51.4 Å². The predicted octanol–water partition coefficient (Wildman–Crippen LogP) is 2.53. The van der Waals surface area contributed by atoms with Crippen LogP contribution in [0.15, 0.2) is 24.3 Å². The van der Waals surface area contributed by atoms with Crippen LogP contribution in [-0.2, 0) is 27.4 Å². The molecule has 150 valence electrons. The van der Waals surface area contributed by atoms with Gasteiger partial charge in [-0.2, -0.15) is 0 Å². The van der Waals surface area contributed by atoms with E-state index in [1.54, 1.807) is 26.0 Å². The van der Waals surface area contributed by atoms with E-state index >= 15 is 0 Å². The van der Waals surface area contributed by atoms with Crippen LogP contribution in [-0.4, -0.2) is 36.2 Å². The Kier molecular flexibility index (Phi) is 7.53. The van der Waals surface area contributed by atoms with Gasteiger partial charge in [-0.05, 0) is 31.5 Å². The van der Waals surface area contributed by atoms with Crippen LogP contribution in [0.25, 0.3) is 0 Å². The van der Waals surface area contributed by atoms with Gasteiger partial charge >= 0.3 is 17.9 Å². The van der Waals surface area contributed by atoms with Gasteiger partial charge in [0.05, 0.1) is 25.4 Å². The number of carbonyl (C=O) groups is 3. The van der Waals surface area contributed by atoms with Crippen molar-refractivity contribution >= 4 is 34.2 Å². The molecule has 0 saturated heterocycles. The Bertz CT molecular complexity index is 858. The number of esters is 3. The van der Waals surface area contributed by atoms with Crippen molar-refractivity contribution in [2.24, 2.45) is 0 Å². The second-order valence-electron chi connectivity index (χ2n) is 5.52. The first-order valence-corrected chi connectivity index (χ1v) is 9.36. The topological polar surface area (TPSA) is 125 Å². The molecule has 0 unspecified atom stereocenters. The van der Waals surface area contributed by atoms with E-state index in [2.05, 4.69) is 0 Å². The molecule has 0 aliphatic heterocycles. The van der Waals surface area contributed by atoms with E-state index in [0.29, 0.717) is 5.56 Å². The highest BCUT2D eigenvalue weighted by Gasteiger charge is 2.28. The van der Waals surface area contributed by atoms with Crippen LogP contribution >= 0.6 is 11.3 Å². The van der Waals surface area contributed by atoms with E-state index in [9.17, 15) is 14.4 Å². The largest absolute Gasteiger partial charge is 0.462 e. The summed E-state index contributed by atoms with van der Waals surface area (Å²) in [5.74, 6) is -2.02. The van der Waals surface area contributed by atoms with Gasteiger partial charge < -0.3 is 25.1 Å². The molecule has 9 heteroatoms. The number of anilines is 1. The lowest BCUT2D eigenvalue weighted by Gasteiger charge is -2.09. The fourth-order valence-corrected chi connectivity index (χ4v) is 3.33. The first kappa shape index (κ1) is 21.4. The van der Waals surface area contributed by atoms with Crippen molar-refractivity contribution in [2.75, 3.05) is 18.9 Å². The molecule has 0 fully saturated rings. The fourth-order valence-electron chi connectivity index (χ4n) is 2.38. The van der Waals surface area contributed by atoms with Gasteiger partial charge in [0, 0.05) is 5.56 Å². The zero-order chi connectivity index (χ0) is 20.7. The Morgan fingerprint density at radius 3 is 2.14 bits per heavy atom. The van der Waals surface area contributed by atoms with Crippen LogP contribution in [0.5, 0.6) is 0 Å². The molecule has 0 aliphatic rings. The van der Waals surface area contributed by atoms with E-state index in [1.807, 2.05) is 0 Å². The third-order valence-electron chi connectivity index (χ3n) is 3.69. The van der Waals surface area contributed by atoms with Gasteiger partial charge in [-0.15, -0.1) is 11.3 Å². The number of rotatable bonds is 8. The molecule has 0 saturated carbocycles. The van der Waals surface area contributed by atoms with Gasteiger partial charge in [0.2, 0.25) is 0 Å². The van der Waals surface area contributed by atoms with Crippen LogP contribution in [0.4, 0.5) is 5.00 Å². The number of nitrogens with two attached hydrogens (primary N) is 1. The Labute approximate surface area is 165 Å². The van der Waals surface area contributed by atoms with Crippen molar-refractivity contribution in [1.82, 2.24) is 0 Å². The lowest BCUT2D eigenvalue weighted by atomic mass is 10.1. The molecule has 1 aromatic heterocycles. The first-order valence-electron chi connectivity index (χ1n) is 8.55. The van der Waals surface area contributed by atoms with Crippen LogP contribution in [0, 0.1) is 0 Å². The summed E-state index contributed by atoms with van der Waals surface area (Å²) < 4.78 is 15.3. The van der Waals surface area contributed by atoms with Gasteiger partial charge in [0.25, 0.3) is 0 Å². The van der Waals surface area contributed by atoms with Gasteiger partial charge in [0.15, 0.2) is 0 Å². The average molecular weight is 407 g/mol. The van der Waals surface area contributed by atoms with Gasteiger partial charge in [0.1, 0.15) is 22.0 Å². The van der Waals surface area contributed by atoms with Crippen LogP contribution in [0.2, 0.25) is 0 Å². The highest BCUT2D eigenvalue weighted by molar-refractivity contribution is 7.18.